The number of halogens is 1. The second-order valence-corrected chi connectivity index (χ2v) is 15.8. The van der Waals surface area contributed by atoms with Crippen molar-refractivity contribution in [3.8, 4) is 11.5 Å². The Hall–Kier alpha value is -3.00. The molecule has 2 N–H and O–H groups in total. The van der Waals surface area contributed by atoms with Crippen LogP contribution < -0.4 is 10.1 Å². The number of rotatable bonds is 2. The standard InChI is InChI=1S/C37H37ClN2O4S/c1-35-14-13-26-25-11-7-23(41)15-21(25)5-10-27(26)29(35)17-36(33(35)42)32(20-3-8-24(44-2)9-4-20)31-18-45-19-40(31)37(36)28-16-22(38)6-12-30(28)39-34(37)43/h3-4,6-9,11-12,15-16,26-27,29,31-32,41H,5,10,13-14,17-19H2,1-2H3,(H,39,43)/t26-,27-,29+,31?,32+,35+,36+,37-/m1/s1. The molecule has 2 saturated carbocycles. The topological polar surface area (TPSA) is 78.9 Å². The van der Waals surface area contributed by atoms with Gasteiger partial charge in [-0.25, -0.2) is 0 Å². The number of fused-ring (bicyclic) bond motifs is 10. The molecule has 0 aromatic heterocycles. The van der Waals surface area contributed by atoms with Crippen LogP contribution >= 0.6 is 23.4 Å². The van der Waals surface area contributed by atoms with E-state index in [4.69, 9.17) is 16.3 Å². The molecule has 0 bridgehead atoms. The number of ether oxygens (including phenoxy) is 1. The fourth-order valence-electron chi connectivity index (χ4n) is 11.3. The molecule has 3 heterocycles. The largest absolute Gasteiger partial charge is 0.508 e. The molecule has 3 aliphatic heterocycles. The summed E-state index contributed by atoms with van der Waals surface area (Å²) in [5.74, 6) is 3.51. The highest BCUT2D eigenvalue weighted by atomic mass is 35.5. The van der Waals surface area contributed by atoms with Crippen LogP contribution in [-0.4, -0.2) is 46.5 Å². The van der Waals surface area contributed by atoms with Crippen molar-refractivity contribution in [3.05, 3.63) is 87.9 Å². The molecular formula is C37H37ClN2O4S. The Kier molecular flexibility index (Phi) is 5.98. The van der Waals surface area contributed by atoms with E-state index in [1.54, 1.807) is 7.11 Å². The van der Waals surface area contributed by atoms with Crippen molar-refractivity contribution in [1.29, 1.82) is 0 Å². The van der Waals surface area contributed by atoms with Crippen molar-refractivity contribution < 1.29 is 19.4 Å². The number of anilines is 1. The number of phenolic OH excluding ortho intramolecular Hbond substituents is 1. The molecule has 232 valence electrons. The van der Waals surface area contributed by atoms with Gasteiger partial charge in [0.2, 0.25) is 0 Å². The summed E-state index contributed by atoms with van der Waals surface area (Å²) in [5.41, 5.74) is 2.66. The Labute approximate surface area is 272 Å². The van der Waals surface area contributed by atoms with Crippen LogP contribution in [0.5, 0.6) is 11.5 Å². The third-order valence-electron chi connectivity index (χ3n) is 12.9. The highest BCUT2D eigenvalue weighted by molar-refractivity contribution is 7.99. The molecule has 9 rings (SSSR count). The van der Waals surface area contributed by atoms with E-state index in [2.05, 4.69) is 35.3 Å². The number of benzene rings is 3. The number of aromatic hydroxyl groups is 1. The molecular weight excluding hydrogens is 604 g/mol. The van der Waals surface area contributed by atoms with Crippen LogP contribution in [0.2, 0.25) is 5.02 Å². The van der Waals surface area contributed by atoms with Gasteiger partial charge >= 0.3 is 0 Å². The van der Waals surface area contributed by atoms with Gasteiger partial charge in [0, 0.05) is 45.3 Å². The first kappa shape index (κ1) is 28.2. The van der Waals surface area contributed by atoms with E-state index in [1.807, 2.05) is 54.2 Å². The van der Waals surface area contributed by atoms with Gasteiger partial charge in [-0.15, -0.1) is 11.8 Å². The van der Waals surface area contributed by atoms with E-state index >= 15 is 4.79 Å². The predicted molar refractivity (Wildman–Crippen MR) is 176 cm³/mol. The molecule has 6 nitrogen and oxygen atoms in total. The normalized spacial score (nSPS) is 37.7. The van der Waals surface area contributed by atoms with Gasteiger partial charge in [-0.3, -0.25) is 14.5 Å². The van der Waals surface area contributed by atoms with Crippen LogP contribution in [0.3, 0.4) is 0 Å². The number of carbonyl (C=O) groups excluding carboxylic acids is 2. The van der Waals surface area contributed by atoms with E-state index in [1.165, 1.54) is 11.1 Å². The number of nitrogens with one attached hydrogen (secondary N) is 1. The molecule has 3 aromatic carbocycles. The molecule has 45 heavy (non-hydrogen) atoms. The number of ketones is 1. The van der Waals surface area contributed by atoms with Crippen LogP contribution in [0, 0.1) is 22.7 Å². The third-order valence-corrected chi connectivity index (χ3v) is 14.2. The summed E-state index contributed by atoms with van der Waals surface area (Å²) < 4.78 is 5.54. The number of methoxy groups -OCH3 is 1. The number of Topliss-reactive ketones (excluding diaryl/α,β-unsaturated/α-hetero) is 1. The van der Waals surface area contributed by atoms with Crippen LogP contribution in [0.25, 0.3) is 0 Å². The van der Waals surface area contributed by atoms with Gasteiger partial charge < -0.3 is 15.2 Å². The number of phenols is 1. The Bertz CT molecular complexity index is 1780. The maximum atomic E-state index is 15.9. The van der Waals surface area contributed by atoms with Crippen molar-refractivity contribution in [1.82, 2.24) is 4.90 Å². The minimum atomic E-state index is -1.14. The van der Waals surface area contributed by atoms with E-state index in [9.17, 15) is 9.90 Å². The van der Waals surface area contributed by atoms with E-state index in [0.717, 1.165) is 54.0 Å². The average Bonchev–Trinajstić information content (AvgIpc) is 3.75. The molecule has 6 aliphatic rings. The Morgan fingerprint density at radius 2 is 1.89 bits per heavy atom. The van der Waals surface area contributed by atoms with Crippen molar-refractivity contribution in [2.75, 3.05) is 24.1 Å². The molecule has 2 saturated heterocycles. The maximum absolute atomic E-state index is 15.9. The zero-order valence-corrected chi connectivity index (χ0v) is 27.1. The second kappa shape index (κ2) is 9.52. The highest BCUT2D eigenvalue weighted by Gasteiger charge is 2.82. The molecule has 1 unspecified atom stereocenters. The van der Waals surface area contributed by atoms with E-state index < -0.39 is 16.4 Å². The van der Waals surface area contributed by atoms with Gasteiger partial charge in [0.25, 0.3) is 5.91 Å². The molecule has 8 atom stereocenters. The van der Waals surface area contributed by atoms with E-state index in [0.29, 0.717) is 34.9 Å². The number of carbonyl (C=O) groups is 2. The minimum Gasteiger partial charge on any atom is -0.508 e. The van der Waals surface area contributed by atoms with Crippen LogP contribution in [-0.2, 0) is 21.5 Å². The molecule has 1 amide bonds. The smallest absolute Gasteiger partial charge is 0.250 e. The number of thioether (sulfide) groups is 1. The fraction of sp³-hybridized carbons (Fsp3) is 0.459. The summed E-state index contributed by atoms with van der Waals surface area (Å²) in [4.78, 5) is 33.2. The first-order chi connectivity index (χ1) is 21.7. The van der Waals surface area contributed by atoms with Gasteiger partial charge in [-0.1, -0.05) is 36.7 Å². The summed E-state index contributed by atoms with van der Waals surface area (Å²) in [6.07, 6.45) is 4.30. The van der Waals surface area contributed by atoms with Gasteiger partial charge in [0.1, 0.15) is 22.8 Å². The zero-order valence-electron chi connectivity index (χ0n) is 25.5. The van der Waals surface area contributed by atoms with E-state index in [-0.39, 0.29) is 29.6 Å². The van der Waals surface area contributed by atoms with Crippen molar-refractivity contribution >= 4 is 40.7 Å². The lowest BCUT2D eigenvalue weighted by molar-refractivity contribution is -0.147. The Morgan fingerprint density at radius 3 is 2.69 bits per heavy atom. The number of hydrogen-bond acceptors (Lipinski definition) is 6. The number of amides is 1. The molecule has 3 aliphatic carbocycles. The predicted octanol–water partition coefficient (Wildman–Crippen LogP) is 7.10. The van der Waals surface area contributed by atoms with Crippen molar-refractivity contribution in [3.63, 3.8) is 0 Å². The lowest BCUT2D eigenvalue weighted by Crippen LogP contribution is -2.59. The highest BCUT2D eigenvalue weighted by Crippen LogP contribution is 2.76. The van der Waals surface area contributed by atoms with Crippen molar-refractivity contribution in [2.24, 2.45) is 22.7 Å². The first-order valence-electron chi connectivity index (χ1n) is 16.2. The van der Waals surface area contributed by atoms with Crippen LogP contribution in [0.1, 0.15) is 66.7 Å². The quantitative estimate of drug-likeness (QED) is 0.311. The fourth-order valence-corrected chi connectivity index (χ4v) is 12.7. The van der Waals surface area contributed by atoms with Gasteiger partial charge in [0.15, 0.2) is 0 Å². The molecule has 4 fully saturated rings. The van der Waals surface area contributed by atoms with Crippen molar-refractivity contribution in [2.45, 2.75) is 62.4 Å². The summed E-state index contributed by atoms with van der Waals surface area (Å²) in [7, 11) is 1.67. The molecule has 3 aromatic rings. The number of nitrogens with zero attached hydrogens (tertiary/aromatic N) is 1. The molecule has 2 spiro atoms. The van der Waals surface area contributed by atoms with Gasteiger partial charge in [-0.2, -0.15) is 0 Å². The first-order valence-corrected chi connectivity index (χ1v) is 17.7. The Balaban J connectivity index is 1.28. The average molecular weight is 641 g/mol. The summed E-state index contributed by atoms with van der Waals surface area (Å²) in [6.45, 7) is 2.22. The molecule has 0 radical (unpaired) electrons. The SMILES string of the molecule is COc1ccc([C@H]2C3CSCN3[C@]3(C(=O)Nc4ccc(Cl)cc43)[C@@]23C[C@H]2[C@@H]4CCc5cc(O)ccc5[C@H]4CC[C@]2(C)C3=O)cc1. The van der Waals surface area contributed by atoms with Crippen LogP contribution in [0.4, 0.5) is 5.69 Å². The van der Waals surface area contributed by atoms with Gasteiger partial charge in [0.05, 0.1) is 12.5 Å². The summed E-state index contributed by atoms with van der Waals surface area (Å²) in [6, 6.07) is 19.8. The minimum absolute atomic E-state index is 0.0256. The second-order valence-electron chi connectivity index (χ2n) is 14.4. The monoisotopic (exact) mass is 640 g/mol. The Morgan fingerprint density at radius 1 is 1.07 bits per heavy atom. The maximum Gasteiger partial charge on any atom is 0.250 e. The number of hydrogen-bond donors (Lipinski definition) is 2. The summed E-state index contributed by atoms with van der Waals surface area (Å²) >= 11 is 8.56. The number of aryl methyl sites for hydroxylation is 1. The molecule has 8 heteroatoms. The van der Waals surface area contributed by atoms with Crippen LogP contribution in [0.15, 0.2) is 60.7 Å². The zero-order chi connectivity index (χ0) is 30.9. The third kappa shape index (κ3) is 3.37. The van der Waals surface area contributed by atoms with Gasteiger partial charge in [-0.05, 0) is 109 Å². The summed E-state index contributed by atoms with van der Waals surface area (Å²) in [5, 5.41) is 14.1. The lowest BCUT2D eigenvalue weighted by atomic mass is 9.55. The lowest BCUT2D eigenvalue weighted by Gasteiger charge is -2.48.